The number of thiol groups is 1. The SMILES string of the molecule is CC(=O)N(c1ccc(N2CC(CNC(=O)c3cc(Cl)ccc3S)OC2=O)cc1)C1CC1. The van der Waals surface area contributed by atoms with Crippen LogP contribution in [0.1, 0.15) is 30.1 Å². The molecule has 2 aromatic rings. The average Bonchev–Trinajstić information content (AvgIpc) is 3.49. The Kier molecular flexibility index (Phi) is 6.11. The number of carbonyl (C=O) groups is 3. The van der Waals surface area contributed by atoms with Crippen molar-refractivity contribution in [2.45, 2.75) is 36.8 Å². The maximum absolute atomic E-state index is 12.4. The number of cyclic esters (lactones) is 1. The van der Waals surface area contributed by atoms with Crippen molar-refractivity contribution in [1.82, 2.24) is 5.32 Å². The monoisotopic (exact) mass is 459 g/mol. The number of amides is 3. The van der Waals surface area contributed by atoms with Crippen molar-refractivity contribution in [2.75, 3.05) is 22.9 Å². The number of hydrogen-bond acceptors (Lipinski definition) is 5. The summed E-state index contributed by atoms with van der Waals surface area (Å²) in [5.41, 5.74) is 1.85. The van der Waals surface area contributed by atoms with Crippen molar-refractivity contribution in [1.29, 1.82) is 0 Å². The molecule has 0 radical (unpaired) electrons. The minimum Gasteiger partial charge on any atom is -0.442 e. The Morgan fingerprint density at radius 3 is 2.58 bits per heavy atom. The zero-order chi connectivity index (χ0) is 22.1. The average molecular weight is 460 g/mol. The van der Waals surface area contributed by atoms with Gasteiger partial charge in [-0.05, 0) is 55.3 Å². The van der Waals surface area contributed by atoms with Gasteiger partial charge >= 0.3 is 6.09 Å². The number of rotatable bonds is 6. The van der Waals surface area contributed by atoms with Gasteiger partial charge in [0.05, 0.1) is 18.7 Å². The highest BCUT2D eigenvalue weighted by Gasteiger charge is 2.34. The normalized spacial score (nSPS) is 18.0. The predicted molar refractivity (Wildman–Crippen MR) is 121 cm³/mol. The smallest absolute Gasteiger partial charge is 0.414 e. The summed E-state index contributed by atoms with van der Waals surface area (Å²) in [6, 6.07) is 12.4. The van der Waals surface area contributed by atoms with Crippen LogP contribution in [0.2, 0.25) is 5.02 Å². The van der Waals surface area contributed by atoms with Gasteiger partial charge in [-0.1, -0.05) is 11.6 Å². The molecule has 2 aliphatic rings. The van der Waals surface area contributed by atoms with E-state index in [1.54, 1.807) is 42.2 Å². The van der Waals surface area contributed by atoms with Crippen molar-refractivity contribution < 1.29 is 19.1 Å². The van der Waals surface area contributed by atoms with Gasteiger partial charge in [0.2, 0.25) is 5.91 Å². The van der Waals surface area contributed by atoms with Gasteiger partial charge < -0.3 is 15.0 Å². The third-order valence-electron chi connectivity index (χ3n) is 5.26. The number of ether oxygens (including phenoxy) is 1. The molecule has 7 nitrogen and oxygen atoms in total. The van der Waals surface area contributed by atoms with E-state index in [2.05, 4.69) is 17.9 Å². The summed E-state index contributed by atoms with van der Waals surface area (Å²) in [5, 5.41) is 3.20. The van der Waals surface area contributed by atoms with Crippen LogP contribution >= 0.6 is 24.2 Å². The van der Waals surface area contributed by atoms with E-state index in [9.17, 15) is 14.4 Å². The molecule has 9 heteroatoms. The lowest BCUT2D eigenvalue weighted by atomic mass is 10.2. The molecule has 1 N–H and O–H groups in total. The summed E-state index contributed by atoms with van der Waals surface area (Å²) in [6.45, 7) is 2.03. The van der Waals surface area contributed by atoms with E-state index in [-0.39, 0.29) is 24.4 Å². The Morgan fingerprint density at radius 1 is 1.23 bits per heavy atom. The molecule has 4 rings (SSSR count). The highest BCUT2D eigenvalue weighted by atomic mass is 35.5. The molecule has 0 spiro atoms. The van der Waals surface area contributed by atoms with Crippen molar-refractivity contribution >= 4 is 53.5 Å². The van der Waals surface area contributed by atoms with E-state index in [0.29, 0.717) is 27.7 Å². The van der Waals surface area contributed by atoms with Crippen LogP contribution in [0, 0.1) is 0 Å². The summed E-state index contributed by atoms with van der Waals surface area (Å²) in [6.07, 6.45) is 1.06. The summed E-state index contributed by atoms with van der Waals surface area (Å²) in [7, 11) is 0. The van der Waals surface area contributed by atoms with Crippen LogP contribution in [0.4, 0.5) is 16.2 Å². The first-order valence-corrected chi connectivity index (χ1v) is 10.8. The Balaban J connectivity index is 1.37. The summed E-state index contributed by atoms with van der Waals surface area (Å²) in [5.74, 6) is -0.327. The van der Waals surface area contributed by atoms with Gasteiger partial charge in [0.25, 0.3) is 5.91 Å². The molecule has 1 atom stereocenters. The van der Waals surface area contributed by atoms with Gasteiger partial charge in [0.15, 0.2) is 0 Å². The minimum absolute atomic E-state index is 0.00992. The molecule has 2 aromatic carbocycles. The number of anilines is 2. The second kappa shape index (κ2) is 8.80. The van der Waals surface area contributed by atoms with Crippen LogP contribution < -0.4 is 15.1 Å². The molecule has 1 heterocycles. The summed E-state index contributed by atoms with van der Waals surface area (Å²) < 4.78 is 5.40. The first-order valence-electron chi connectivity index (χ1n) is 9.98. The Labute approximate surface area is 190 Å². The third kappa shape index (κ3) is 4.80. The van der Waals surface area contributed by atoms with Crippen LogP contribution in [0.25, 0.3) is 0 Å². The van der Waals surface area contributed by atoms with Crippen molar-refractivity contribution in [3.05, 3.63) is 53.1 Å². The molecular weight excluding hydrogens is 438 g/mol. The second-order valence-corrected chi connectivity index (χ2v) is 8.54. The largest absolute Gasteiger partial charge is 0.442 e. The van der Waals surface area contributed by atoms with Crippen molar-refractivity contribution in [2.24, 2.45) is 0 Å². The van der Waals surface area contributed by atoms with Crippen LogP contribution in [0.15, 0.2) is 47.4 Å². The van der Waals surface area contributed by atoms with Crippen LogP contribution in [-0.4, -0.2) is 43.1 Å². The lowest BCUT2D eigenvalue weighted by molar-refractivity contribution is -0.116. The van der Waals surface area contributed by atoms with E-state index in [0.717, 1.165) is 18.5 Å². The van der Waals surface area contributed by atoms with Crippen LogP contribution in [-0.2, 0) is 9.53 Å². The fourth-order valence-corrected chi connectivity index (χ4v) is 4.02. The number of nitrogens with one attached hydrogen (secondary N) is 1. The Hall–Kier alpha value is -2.71. The highest BCUT2D eigenvalue weighted by Crippen LogP contribution is 2.33. The zero-order valence-corrected chi connectivity index (χ0v) is 18.5. The topological polar surface area (TPSA) is 79.0 Å². The second-order valence-electron chi connectivity index (χ2n) is 7.62. The standard InChI is InChI=1S/C22H22ClN3O4S/c1-13(27)26(17-7-8-17)16-5-3-15(4-6-16)25-12-18(30-22(25)29)11-24-21(28)19-10-14(23)2-9-20(19)31/h2-6,9-10,17-18,31H,7-8,11-12H2,1H3,(H,24,28). The van der Waals surface area contributed by atoms with Gasteiger partial charge in [0, 0.05) is 34.3 Å². The predicted octanol–water partition coefficient (Wildman–Crippen LogP) is 3.90. The van der Waals surface area contributed by atoms with Gasteiger partial charge in [-0.2, -0.15) is 0 Å². The minimum atomic E-state index is -0.487. The molecule has 0 bridgehead atoms. The number of halogens is 1. The molecule has 0 aromatic heterocycles. The van der Waals surface area contributed by atoms with Gasteiger partial charge in [-0.3, -0.25) is 14.5 Å². The molecule has 1 aliphatic heterocycles. The lowest BCUT2D eigenvalue weighted by Crippen LogP contribution is -2.34. The van der Waals surface area contributed by atoms with E-state index in [1.807, 2.05) is 12.1 Å². The zero-order valence-electron chi connectivity index (χ0n) is 16.9. The van der Waals surface area contributed by atoms with Crippen molar-refractivity contribution in [3.63, 3.8) is 0 Å². The van der Waals surface area contributed by atoms with Gasteiger partial charge in [-0.25, -0.2) is 4.79 Å². The maximum Gasteiger partial charge on any atom is 0.414 e. The molecule has 1 saturated heterocycles. The molecule has 1 unspecified atom stereocenters. The first kappa shape index (κ1) is 21.5. The number of hydrogen-bond donors (Lipinski definition) is 2. The molecule has 1 aliphatic carbocycles. The van der Waals surface area contributed by atoms with E-state index >= 15 is 0 Å². The molecule has 31 heavy (non-hydrogen) atoms. The lowest BCUT2D eigenvalue weighted by Gasteiger charge is -2.22. The molecular formula is C22H22ClN3O4S. The summed E-state index contributed by atoms with van der Waals surface area (Å²) in [4.78, 5) is 40.5. The molecule has 162 valence electrons. The first-order chi connectivity index (χ1) is 14.8. The Morgan fingerprint density at radius 2 is 1.94 bits per heavy atom. The maximum atomic E-state index is 12.4. The van der Waals surface area contributed by atoms with E-state index < -0.39 is 12.2 Å². The highest BCUT2D eigenvalue weighted by molar-refractivity contribution is 7.80. The quantitative estimate of drug-likeness (QED) is 0.642. The van der Waals surface area contributed by atoms with E-state index in [1.165, 1.54) is 4.90 Å². The molecule has 2 fully saturated rings. The van der Waals surface area contributed by atoms with Gasteiger partial charge in [0.1, 0.15) is 6.10 Å². The van der Waals surface area contributed by atoms with Crippen LogP contribution in [0.5, 0.6) is 0 Å². The number of nitrogens with zero attached hydrogens (tertiary/aromatic N) is 2. The number of carbonyl (C=O) groups excluding carboxylic acids is 3. The third-order valence-corrected chi connectivity index (χ3v) is 5.88. The fraction of sp³-hybridized carbons (Fsp3) is 0.318. The molecule has 3 amide bonds. The fourth-order valence-electron chi connectivity index (χ4n) is 3.61. The van der Waals surface area contributed by atoms with Gasteiger partial charge in [-0.15, -0.1) is 12.6 Å². The number of benzene rings is 2. The van der Waals surface area contributed by atoms with Crippen molar-refractivity contribution in [3.8, 4) is 0 Å². The van der Waals surface area contributed by atoms with E-state index in [4.69, 9.17) is 16.3 Å². The Bertz CT molecular complexity index is 1030. The van der Waals surface area contributed by atoms with Crippen LogP contribution in [0.3, 0.4) is 0 Å². The molecule has 1 saturated carbocycles. The summed E-state index contributed by atoms with van der Waals surface area (Å²) >= 11 is 10.2.